The van der Waals surface area contributed by atoms with Gasteiger partial charge in [-0.1, -0.05) is 32.0 Å². The van der Waals surface area contributed by atoms with E-state index in [4.69, 9.17) is 5.73 Å². The first-order valence-corrected chi connectivity index (χ1v) is 5.67. The highest BCUT2D eigenvalue weighted by Crippen LogP contribution is 2.34. The number of hydrogen-bond acceptors (Lipinski definition) is 1. The fourth-order valence-electron chi connectivity index (χ4n) is 1.90. The quantitative estimate of drug-likeness (QED) is 0.885. The second kappa shape index (κ2) is 5.42. The molecule has 0 saturated carbocycles. The van der Waals surface area contributed by atoms with Gasteiger partial charge in [-0.25, -0.2) is 0 Å². The van der Waals surface area contributed by atoms with Crippen LogP contribution in [0.1, 0.15) is 37.3 Å². The number of carbonyl (C=O) groups excluding carboxylic acids is 1. The van der Waals surface area contributed by atoms with E-state index in [-0.39, 0.29) is 18.3 Å². The third-order valence-electron chi connectivity index (χ3n) is 2.87. The lowest BCUT2D eigenvalue weighted by Gasteiger charge is -2.21. The van der Waals surface area contributed by atoms with E-state index in [2.05, 4.69) is 0 Å². The lowest BCUT2D eigenvalue weighted by atomic mass is 9.85. The monoisotopic (exact) mass is 259 g/mol. The van der Waals surface area contributed by atoms with Gasteiger partial charge in [0, 0.05) is 6.42 Å². The molecule has 18 heavy (non-hydrogen) atoms. The van der Waals surface area contributed by atoms with Crippen LogP contribution in [-0.2, 0) is 11.0 Å². The molecule has 0 spiro atoms. The standard InChI is InChI=1S/C13H16F3NO/c1-8(2)11(7-12(17)18)9-4-3-5-10(6-9)13(14,15)16/h3-6,8,11H,7H2,1-2H3,(H2,17,18). The summed E-state index contributed by atoms with van der Waals surface area (Å²) < 4.78 is 37.8. The molecule has 0 fully saturated rings. The molecule has 0 saturated heterocycles. The smallest absolute Gasteiger partial charge is 0.370 e. The van der Waals surface area contributed by atoms with E-state index < -0.39 is 17.6 Å². The Labute approximate surface area is 104 Å². The molecule has 1 atom stereocenters. The number of primary amides is 1. The lowest BCUT2D eigenvalue weighted by molar-refractivity contribution is -0.137. The van der Waals surface area contributed by atoms with Gasteiger partial charge in [0.2, 0.25) is 5.91 Å². The van der Waals surface area contributed by atoms with Gasteiger partial charge in [0.25, 0.3) is 0 Å². The summed E-state index contributed by atoms with van der Waals surface area (Å²) in [7, 11) is 0. The van der Waals surface area contributed by atoms with Gasteiger partial charge in [-0.3, -0.25) is 4.79 Å². The summed E-state index contributed by atoms with van der Waals surface area (Å²) in [4.78, 5) is 11.0. The van der Waals surface area contributed by atoms with Gasteiger partial charge in [0.05, 0.1) is 5.56 Å². The second-order valence-corrected chi connectivity index (χ2v) is 4.64. The Balaban J connectivity index is 3.09. The number of amides is 1. The summed E-state index contributed by atoms with van der Waals surface area (Å²) in [5, 5.41) is 0. The minimum atomic E-state index is -4.37. The van der Waals surface area contributed by atoms with Crippen LogP contribution in [-0.4, -0.2) is 5.91 Å². The van der Waals surface area contributed by atoms with Crippen LogP contribution in [0.3, 0.4) is 0 Å². The third-order valence-corrected chi connectivity index (χ3v) is 2.87. The number of carbonyl (C=O) groups is 1. The molecule has 1 aromatic rings. The van der Waals surface area contributed by atoms with Crippen molar-refractivity contribution in [2.24, 2.45) is 11.7 Å². The maximum absolute atomic E-state index is 12.6. The first-order valence-electron chi connectivity index (χ1n) is 5.67. The molecule has 0 radical (unpaired) electrons. The van der Waals surface area contributed by atoms with Gasteiger partial charge in [0.1, 0.15) is 0 Å². The normalized spacial score (nSPS) is 13.7. The predicted molar refractivity (Wildman–Crippen MR) is 62.8 cm³/mol. The highest BCUT2D eigenvalue weighted by Gasteiger charge is 2.31. The van der Waals surface area contributed by atoms with Crippen molar-refractivity contribution in [3.8, 4) is 0 Å². The van der Waals surface area contributed by atoms with Crippen molar-refractivity contribution < 1.29 is 18.0 Å². The van der Waals surface area contributed by atoms with Crippen molar-refractivity contribution in [1.29, 1.82) is 0 Å². The number of alkyl halides is 3. The van der Waals surface area contributed by atoms with E-state index in [0.29, 0.717) is 5.56 Å². The largest absolute Gasteiger partial charge is 0.416 e. The Bertz CT molecular complexity index is 426. The molecule has 0 heterocycles. The van der Waals surface area contributed by atoms with Crippen LogP contribution in [0.5, 0.6) is 0 Å². The van der Waals surface area contributed by atoms with E-state index in [1.54, 1.807) is 6.07 Å². The first-order chi connectivity index (χ1) is 8.21. The molecule has 1 unspecified atom stereocenters. The zero-order valence-electron chi connectivity index (χ0n) is 10.3. The average Bonchev–Trinajstić information content (AvgIpc) is 2.24. The molecule has 0 aliphatic rings. The summed E-state index contributed by atoms with van der Waals surface area (Å²) in [6.45, 7) is 3.71. The van der Waals surface area contributed by atoms with Crippen LogP contribution < -0.4 is 5.73 Å². The summed E-state index contributed by atoms with van der Waals surface area (Å²) in [6, 6.07) is 5.07. The summed E-state index contributed by atoms with van der Waals surface area (Å²) in [6.07, 6.45) is -4.32. The third kappa shape index (κ3) is 3.75. The Kier molecular flexibility index (Phi) is 4.38. The number of halogens is 3. The number of benzene rings is 1. The number of nitrogens with two attached hydrogens (primary N) is 1. The maximum atomic E-state index is 12.6. The van der Waals surface area contributed by atoms with Crippen molar-refractivity contribution in [2.45, 2.75) is 32.4 Å². The van der Waals surface area contributed by atoms with Gasteiger partial charge in [-0.2, -0.15) is 13.2 Å². The lowest BCUT2D eigenvalue weighted by Crippen LogP contribution is -2.19. The van der Waals surface area contributed by atoms with Gasteiger partial charge < -0.3 is 5.73 Å². The molecule has 100 valence electrons. The van der Waals surface area contributed by atoms with Crippen LogP contribution in [0.25, 0.3) is 0 Å². The molecule has 0 aromatic heterocycles. The van der Waals surface area contributed by atoms with Gasteiger partial charge in [0.15, 0.2) is 0 Å². The zero-order valence-corrected chi connectivity index (χ0v) is 10.3. The van der Waals surface area contributed by atoms with Crippen LogP contribution in [0.4, 0.5) is 13.2 Å². The van der Waals surface area contributed by atoms with E-state index in [1.807, 2.05) is 13.8 Å². The second-order valence-electron chi connectivity index (χ2n) is 4.64. The zero-order chi connectivity index (χ0) is 13.9. The summed E-state index contributed by atoms with van der Waals surface area (Å²) in [5.41, 5.74) is 4.93. The van der Waals surface area contributed by atoms with Gasteiger partial charge in [-0.05, 0) is 23.5 Å². The van der Waals surface area contributed by atoms with E-state index in [9.17, 15) is 18.0 Å². The molecule has 0 bridgehead atoms. The molecular formula is C13H16F3NO. The fourth-order valence-corrected chi connectivity index (χ4v) is 1.90. The number of rotatable bonds is 4. The minimum absolute atomic E-state index is 0.0426. The molecule has 5 heteroatoms. The van der Waals surface area contributed by atoms with Crippen molar-refractivity contribution >= 4 is 5.91 Å². The molecule has 1 amide bonds. The molecule has 2 N–H and O–H groups in total. The Hall–Kier alpha value is -1.52. The molecule has 1 aromatic carbocycles. The van der Waals surface area contributed by atoms with E-state index in [0.717, 1.165) is 12.1 Å². The van der Waals surface area contributed by atoms with Gasteiger partial charge in [-0.15, -0.1) is 0 Å². The van der Waals surface area contributed by atoms with Crippen molar-refractivity contribution in [3.05, 3.63) is 35.4 Å². The Morgan fingerprint density at radius 2 is 1.94 bits per heavy atom. The molecule has 0 aliphatic heterocycles. The first kappa shape index (κ1) is 14.5. The maximum Gasteiger partial charge on any atom is 0.416 e. The van der Waals surface area contributed by atoms with E-state index >= 15 is 0 Å². The van der Waals surface area contributed by atoms with Crippen LogP contribution in [0.2, 0.25) is 0 Å². The van der Waals surface area contributed by atoms with E-state index in [1.165, 1.54) is 6.07 Å². The Morgan fingerprint density at radius 3 is 2.39 bits per heavy atom. The molecule has 1 rings (SSSR count). The highest BCUT2D eigenvalue weighted by molar-refractivity contribution is 5.74. The number of hydrogen-bond donors (Lipinski definition) is 1. The van der Waals surface area contributed by atoms with Crippen LogP contribution >= 0.6 is 0 Å². The minimum Gasteiger partial charge on any atom is -0.370 e. The molecular weight excluding hydrogens is 243 g/mol. The highest BCUT2D eigenvalue weighted by atomic mass is 19.4. The average molecular weight is 259 g/mol. The van der Waals surface area contributed by atoms with Crippen molar-refractivity contribution in [1.82, 2.24) is 0 Å². The Morgan fingerprint density at radius 1 is 1.33 bits per heavy atom. The summed E-state index contributed by atoms with van der Waals surface area (Å²) in [5.74, 6) is -0.753. The van der Waals surface area contributed by atoms with Crippen molar-refractivity contribution in [3.63, 3.8) is 0 Å². The van der Waals surface area contributed by atoms with Crippen LogP contribution in [0, 0.1) is 5.92 Å². The molecule has 0 aliphatic carbocycles. The van der Waals surface area contributed by atoms with Crippen LogP contribution in [0.15, 0.2) is 24.3 Å². The van der Waals surface area contributed by atoms with Crippen molar-refractivity contribution in [2.75, 3.05) is 0 Å². The van der Waals surface area contributed by atoms with Gasteiger partial charge >= 0.3 is 6.18 Å². The predicted octanol–water partition coefficient (Wildman–Crippen LogP) is 3.32. The summed E-state index contributed by atoms with van der Waals surface area (Å²) >= 11 is 0. The fraction of sp³-hybridized carbons (Fsp3) is 0.462. The molecule has 2 nitrogen and oxygen atoms in total. The SMILES string of the molecule is CC(C)C(CC(N)=O)c1cccc(C(F)(F)F)c1. The topological polar surface area (TPSA) is 43.1 Å².